The topological polar surface area (TPSA) is 46.6 Å². The molecule has 4 heteroatoms. The second-order valence-electron chi connectivity index (χ2n) is 4.68. The van der Waals surface area contributed by atoms with Crippen molar-refractivity contribution in [2.75, 3.05) is 6.54 Å². The largest absolute Gasteiger partial charge is 0.464 e. The molecule has 0 bridgehead atoms. The normalized spacial score (nSPS) is 34.4. The fourth-order valence-electron chi connectivity index (χ4n) is 3.19. The Bertz CT molecular complexity index is 279. The van der Waals surface area contributed by atoms with Crippen LogP contribution in [0.15, 0.2) is 0 Å². The van der Waals surface area contributed by atoms with Crippen molar-refractivity contribution in [3.63, 3.8) is 0 Å². The summed E-state index contributed by atoms with van der Waals surface area (Å²) in [5.74, 6) is 0.599. The third kappa shape index (κ3) is 1.93. The van der Waals surface area contributed by atoms with E-state index in [0.29, 0.717) is 24.9 Å². The van der Waals surface area contributed by atoms with Crippen molar-refractivity contribution < 1.29 is 14.3 Å². The lowest BCUT2D eigenvalue weighted by molar-refractivity contribution is -0.152. The van der Waals surface area contributed by atoms with Crippen LogP contribution in [0.2, 0.25) is 0 Å². The van der Waals surface area contributed by atoms with Gasteiger partial charge in [0.25, 0.3) is 6.47 Å². The van der Waals surface area contributed by atoms with Gasteiger partial charge in [-0.15, -0.1) is 0 Å². The first-order chi connectivity index (χ1) is 7.77. The highest BCUT2D eigenvalue weighted by molar-refractivity contribution is 5.77. The summed E-state index contributed by atoms with van der Waals surface area (Å²) in [5.41, 5.74) is 0. The van der Waals surface area contributed by atoms with Crippen LogP contribution in [0.4, 0.5) is 0 Å². The maximum absolute atomic E-state index is 11.8. The average Bonchev–Trinajstić information content (AvgIpc) is 2.29. The number of amides is 1. The van der Waals surface area contributed by atoms with Crippen molar-refractivity contribution in [2.24, 2.45) is 5.92 Å². The second-order valence-corrected chi connectivity index (χ2v) is 4.68. The van der Waals surface area contributed by atoms with Gasteiger partial charge in [-0.2, -0.15) is 0 Å². The molecule has 0 radical (unpaired) electrons. The molecule has 0 aromatic carbocycles. The van der Waals surface area contributed by atoms with Gasteiger partial charge in [-0.3, -0.25) is 9.59 Å². The Kier molecular flexibility index (Phi) is 3.46. The van der Waals surface area contributed by atoms with Gasteiger partial charge in [-0.1, -0.05) is 6.92 Å². The van der Waals surface area contributed by atoms with Crippen LogP contribution in [0.5, 0.6) is 0 Å². The van der Waals surface area contributed by atoms with Crippen molar-refractivity contribution in [3.05, 3.63) is 0 Å². The summed E-state index contributed by atoms with van der Waals surface area (Å²) in [7, 11) is 0. The fraction of sp³-hybridized carbons (Fsp3) is 0.833. The number of rotatable bonds is 3. The molecule has 90 valence electrons. The van der Waals surface area contributed by atoms with Crippen LogP contribution >= 0.6 is 0 Å². The molecule has 0 aliphatic carbocycles. The zero-order valence-corrected chi connectivity index (χ0v) is 9.72. The van der Waals surface area contributed by atoms with Crippen molar-refractivity contribution in [1.82, 2.24) is 4.90 Å². The van der Waals surface area contributed by atoms with Crippen LogP contribution in [-0.2, 0) is 14.3 Å². The van der Waals surface area contributed by atoms with E-state index in [4.69, 9.17) is 4.74 Å². The van der Waals surface area contributed by atoms with Crippen LogP contribution in [-0.4, -0.2) is 36.0 Å². The minimum Gasteiger partial charge on any atom is -0.464 e. The van der Waals surface area contributed by atoms with Crippen molar-refractivity contribution >= 4 is 12.4 Å². The smallest absolute Gasteiger partial charge is 0.293 e. The molecule has 2 aliphatic rings. The summed E-state index contributed by atoms with van der Waals surface area (Å²) in [6, 6.07) is 0.296. The number of hydrogen-bond acceptors (Lipinski definition) is 3. The van der Waals surface area contributed by atoms with Crippen LogP contribution < -0.4 is 0 Å². The molecule has 2 saturated heterocycles. The van der Waals surface area contributed by atoms with Gasteiger partial charge in [0.2, 0.25) is 5.91 Å². The number of carbonyl (C=O) groups excluding carboxylic acids is 2. The lowest BCUT2D eigenvalue weighted by Crippen LogP contribution is -2.55. The lowest BCUT2D eigenvalue weighted by Gasteiger charge is -2.46. The highest BCUT2D eigenvalue weighted by Gasteiger charge is 2.41. The van der Waals surface area contributed by atoms with Crippen molar-refractivity contribution in [2.45, 2.75) is 51.2 Å². The average molecular weight is 225 g/mol. The van der Waals surface area contributed by atoms with Gasteiger partial charge in [0.15, 0.2) is 0 Å². The quantitative estimate of drug-likeness (QED) is 0.681. The highest BCUT2D eigenvalue weighted by Crippen LogP contribution is 2.34. The van der Waals surface area contributed by atoms with E-state index in [0.717, 1.165) is 32.2 Å². The van der Waals surface area contributed by atoms with E-state index < -0.39 is 0 Å². The molecule has 0 unspecified atom stereocenters. The second kappa shape index (κ2) is 4.85. The zero-order chi connectivity index (χ0) is 11.5. The van der Waals surface area contributed by atoms with E-state index in [9.17, 15) is 9.59 Å². The van der Waals surface area contributed by atoms with E-state index in [2.05, 4.69) is 6.92 Å². The number of hydrogen-bond donors (Lipinski definition) is 0. The van der Waals surface area contributed by atoms with Gasteiger partial charge in [0, 0.05) is 31.3 Å². The Morgan fingerprint density at radius 2 is 2.31 bits per heavy atom. The highest BCUT2D eigenvalue weighted by atomic mass is 16.5. The summed E-state index contributed by atoms with van der Waals surface area (Å²) >= 11 is 0. The van der Waals surface area contributed by atoms with Crippen LogP contribution in [0, 0.1) is 5.92 Å². The van der Waals surface area contributed by atoms with E-state index in [1.54, 1.807) is 0 Å². The van der Waals surface area contributed by atoms with Crippen molar-refractivity contribution in [3.8, 4) is 0 Å². The van der Waals surface area contributed by atoms with Gasteiger partial charge in [0.1, 0.15) is 6.10 Å². The first kappa shape index (κ1) is 11.4. The molecule has 0 aromatic heterocycles. The molecular formula is C12H19NO3. The first-order valence-corrected chi connectivity index (χ1v) is 6.16. The van der Waals surface area contributed by atoms with Gasteiger partial charge in [0.05, 0.1) is 0 Å². The molecule has 2 heterocycles. The molecule has 0 spiro atoms. The zero-order valence-electron chi connectivity index (χ0n) is 9.72. The maximum Gasteiger partial charge on any atom is 0.293 e. The van der Waals surface area contributed by atoms with Gasteiger partial charge in [-0.05, 0) is 19.3 Å². The van der Waals surface area contributed by atoms with Crippen LogP contribution in [0.1, 0.15) is 39.0 Å². The van der Waals surface area contributed by atoms with Gasteiger partial charge in [-0.25, -0.2) is 0 Å². The molecule has 2 rings (SSSR count). The molecule has 0 N–H and O–H groups in total. The molecule has 2 aliphatic heterocycles. The Morgan fingerprint density at radius 3 is 3.00 bits per heavy atom. The number of carbonyl (C=O) groups is 2. The monoisotopic (exact) mass is 225 g/mol. The molecule has 0 aromatic rings. The van der Waals surface area contributed by atoms with Crippen LogP contribution in [0.25, 0.3) is 0 Å². The summed E-state index contributed by atoms with van der Waals surface area (Å²) < 4.78 is 5.15. The standard InChI is InChI=1S/C12H19NO3/c1-2-9-10-4-3-5-12(15)13(10)7-6-11(9)16-8-14/h8-11H,2-7H2,1H3/t9-,10+,11+/m1/s1. The Hall–Kier alpha value is -1.06. The fourth-order valence-corrected chi connectivity index (χ4v) is 3.19. The predicted octanol–water partition coefficient (Wildman–Crippen LogP) is 1.34. The molecule has 16 heavy (non-hydrogen) atoms. The van der Waals surface area contributed by atoms with E-state index in [1.807, 2.05) is 4.90 Å². The number of fused-ring (bicyclic) bond motifs is 1. The molecule has 0 saturated carbocycles. The molecule has 4 nitrogen and oxygen atoms in total. The third-order valence-corrected chi connectivity index (χ3v) is 3.94. The number of nitrogens with zero attached hydrogens (tertiary/aromatic N) is 1. The summed E-state index contributed by atoms with van der Waals surface area (Å²) in [4.78, 5) is 24.2. The Balaban J connectivity index is 2.11. The summed E-state index contributed by atoms with van der Waals surface area (Å²) in [6.45, 7) is 3.40. The summed E-state index contributed by atoms with van der Waals surface area (Å²) in [5, 5.41) is 0. The van der Waals surface area contributed by atoms with Crippen LogP contribution in [0.3, 0.4) is 0 Å². The van der Waals surface area contributed by atoms with Gasteiger partial charge >= 0.3 is 0 Å². The lowest BCUT2D eigenvalue weighted by atomic mass is 9.80. The SMILES string of the molecule is CC[C@H]1[C@@H](OC=O)CCN2C(=O)CCC[C@@H]12. The molecular weight excluding hydrogens is 206 g/mol. The Morgan fingerprint density at radius 1 is 1.50 bits per heavy atom. The van der Waals surface area contributed by atoms with Gasteiger partial charge < -0.3 is 9.64 Å². The minimum absolute atomic E-state index is 0.00894. The molecule has 3 atom stereocenters. The number of piperidine rings is 2. The Labute approximate surface area is 95.9 Å². The third-order valence-electron chi connectivity index (χ3n) is 3.94. The predicted molar refractivity (Wildman–Crippen MR) is 58.7 cm³/mol. The van der Waals surface area contributed by atoms with E-state index in [1.165, 1.54) is 0 Å². The minimum atomic E-state index is 0.00894. The molecule has 2 fully saturated rings. The summed E-state index contributed by atoms with van der Waals surface area (Å²) in [6.07, 6.45) is 4.49. The maximum atomic E-state index is 11.8. The number of ether oxygens (including phenoxy) is 1. The van der Waals surface area contributed by atoms with E-state index >= 15 is 0 Å². The first-order valence-electron chi connectivity index (χ1n) is 6.16. The molecule has 1 amide bonds. The van der Waals surface area contributed by atoms with Crippen molar-refractivity contribution in [1.29, 1.82) is 0 Å². The van der Waals surface area contributed by atoms with E-state index in [-0.39, 0.29) is 12.0 Å².